The molecule has 0 bridgehead atoms. The van der Waals surface area contributed by atoms with Crippen LogP contribution in [0.1, 0.15) is 12.0 Å². The predicted octanol–water partition coefficient (Wildman–Crippen LogP) is 4.00. The quantitative estimate of drug-likeness (QED) is 0.214. The number of hydrogen-bond donors (Lipinski definition) is 1. The number of methoxy groups -OCH3 is 1. The minimum absolute atomic E-state index is 0.0389. The molecule has 0 saturated carbocycles. The average molecular weight is 549 g/mol. The van der Waals surface area contributed by atoms with Gasteiger partial charge in [0.2, 0.25) is 15.0 Å². The van der Waals surface area contributed by atoms with Crippen LogP contribution in [0.15, 0.2) is 53.2 Å². The Balaban J connectivity index is 1.59. The minimum Gasteiger partial charge on any atom is -0.493 e. The lowest BCUT2D eigenvalue weighted by molar-refractivity contribution is -0.112. The zero-order valence-corrected chi connectivity index (χ0v) is 21.6. The summed E-state index contributed by atoms with van der Waals surface area (Å²) in [6.07, 6.45) is 2.94. The molecule has 3 aromatic rings. The van der Waals surface area contributed by atoms with Gasteiger partial charge in [0, 0.05) is 29.2 Å². The van der Waals surface area contributed by atoms with Crippen molar-refractivity contribution >= 4 is 50.1 Å². The number of nitrogens with one attached hydrogen (secondary N) is 1. The van der Waals surface area contributed by atoms with Crippen LogP contribution >= 0.6 is 23.1 Å². The van der Waals surface area contributed by atoms with Gasteiger partial charge in [0.1, 0.15) is 17.4 Å². The third-order valence-corrected chi connectivity index (χ3v) is 6.30. The Morgan fingerprint density at radius 2 is 1.89 bits per heavy atom. The normalized spacial score (nSPS) is 11.4. The van der Waals surface area contributed by atoms with Gasteiger partial charge in [-0.05, 0) is 48.0 Å². The predicted molar refractivity (Wildman–Crippen MR) is 135 cm³/mol. The molecule has 0 spiro atoms. The van der Waals surface area contributed by atoms with Gasteiger partial charge in [0.05, 0.1) is 20.3 Å². The molecule has 0 radical (unpaired) electrons. The highest BCUT2D eigenvalue weighted by Gasteiger charge is 2.17. The summed E-state index contributed by atoms with van der Waals surface area (Å²) in [6, 6.07) is 13.8. The molecule has 0 unspecified atom stereocenters. The second kappa shape index (κ2) is 12.3. The number of sulfone groups is 1. The first kappa shape index (κ1) is 26.9. The Labute approximate surface area is 217 Å². The number of anilines is 1. The molecule has 188 valence electrons. The number of benzene rings is 2. The van der Waals surface area contributed by atoms with E-state index in [9.17, 15) is 18.5 Å². The highest BCUT2D eigenvalue weighted by atomic mass is 35.5. The molecule has 0 atom stereocenters. The molecule has 10 nitrogen and oxygen atoms in total. The average Bonchev–Trinajstić information content (AvgIpc) is 3.33. The zero-order valence-electron chi connectivity index (χ0n) is 19.2. The number of hydrogen-bond acceptors (Lipinski definition) is 10. The number of ether oxygens (including phenoxy) is 3. The molecular formula is C23H21ClN4O6S2. The number of rotatable bonds is 11. The van der Waals surface area contributed by atoms with Crippen molar-refractivity contribution in [3.05, 3.63) is 58.6 Å². The van der Waals surface area contributed by atoms with Crippen LogP contribution < -0.4 is 19.5 Å². The van der Waals surface area contributed by atoms with Crippen LogP contribution in [0.2, 0.25) is 5.02 Å². The third kappa shape index (κ3) is 7.67. The van der Waals surface area contributed by atoms with Crippen LogP contribution in [-0.2, 0) is 14.6 Å². The largest absolute Gasteiger partial charge is 0.493 e. The van der Waals surface area contributed by atoms with Crippen LogP contribution in [0.5, 0.6) is 17.2 Å². The van der Waals surface area contributed by atoms with Gasteiger partial charge in [-0.15, -0.1) is 0 Å². The number of aromatic nitrogens is 2. The Hall–Kier alpha value is -3.66. The molecule has 36 heavy (non-hydrogen) atoms. The van der Waals surface area contributed by atoms with Crippen molar-refractivity contribution in [2.24, 2.45) is 0 Å². The van der Waals surface area contributed by atoms with Gasteiger partial charge >= 0.3 is 0 Å². The van der Waals surface area contributed by atoms with Crippen molar-refractivity contribution in [1.82, 2.24) is 9.36 Å². The maximum Gasteiger partial charge on any atom is 0.268 e. The Morgan fingerprint density at radius 1 is 1.17 bits per heavy atom. The molecule has 13 heteroatoms. The van der Waals surface area contributed by atoms with Crippen molar-refractivity contribution in [3.63, 3.8) is 0 Å². The van der Waals surface area contributed by atoms with E-state index < -0.39 is 20.9 Å². The second-order valence-corrected chi connectivity index (χ2v) is 10.3. The van der Waals surface area contributed by atoms with Crippen molar-refractivity contribution < 1.29 is 27.4 Å². The summed E-state index contributed by atoms with van der Waals surface area (Å²) in [5, 5.41) is 12.0. The molecule has 3 rings (SSSR count). The Bertz CT molecular complexity index is 1400. The SMILES string of the molecule is COc1cc(/C=C(/C#N)C(=O)Nc2nc(S(C)(=O)=O)ns2)ccc1OCCCOc1ccc(Cl)cc1. The monoisotopic (exact) mass is 548 g/mol. The van der Waals surface area contributed by atoms with E-state index in [-0.39, 0.29) is 10.7 Å². The first-order valence-electron chi connectivity index (χ1n) is 10.4. The number of carbonyl (C=O) groups is 1. The molecule has 1 heterocycles. The first-order chi connectivity index (χ1) is 17.2. The number of nitriles is 1. The van der Waals surface area contributed by atoms with E-state index >= 15 is 0 Å². The van der Waals surface area contributed by atoms with E-state index in [1.54, 1.807) is 42.5 Å². The highest BCUT2D eigenvalue weighted by molar-refractivity contribution is 7.90. The fourth-order valence-electron chi connectivity index (χ4n) is 2.75. The minimum atomic E-state index is -3.61. The molecule has 1 amide bonds. The molecule has 1 N–H and O–H groups in total. The Kier molecular flexibility index (Phi) is 9.24. The second-order valence-electron chi connectivity index (χ2n) is 7.19. The highest BCUT2D eigenvalue weighted by Crippen LogP contribution is 2.29. The van der Waals surface area contributed by atoms with Crippen LogP contribution in [0, 0.1) is 11.3 Å². The summed E-state index contributed by atoms with van der Waals surface area (Å²) in [6.45, 7) is 0.827. The standard InChI is InChI=1S/C23H21ClN4O6S2/c1-32-20-13-15(4-9-19(20)34-11-3-10-33-18-7-5-17(24)6-8-18)12-16(14-25)21(29)26-22-27-23(28-35-22)36(2,30)31/h4-9,12-13H,3,10-11H2,1-2H3,(H,26,27,28,29)/b16-12-. The molecule has 0 aliphatic carbocycles. The summed E-state index contributed by atoms with van der Waals surface area (Å²) in [5.74, 6) is 0.870. The fourth-order valence-corrected chi connectivity index (χ4v) is 4.31. The van der Waals surface area contributed by atoms with Crippen molar-refractivity contribution in [2.45, 2.75) is 11.6 Å². The van der Waals surface area contributed by atoms with Crippen LogP contribution in [0.25, 0.3) is 6.08 Å². The Morgan fingerprint density at radius 3 is 2.53 bits per heavy atom. The fraction of sp³-hybridized carbons (Fsp3) is 0.217. The molecule has 0 aliphatic rings. The van der Waals surface area contributed by atoms with E-state index in [2.05, 4.69) is 14.7 Å². The van der Waals surface area contributed by atoms with E-state index in [1.807, 2.05) is 6.07 Å². The van der Waals surface area contributed by atoms with Gasteiger partial charge in [0.15, 0.2) is 11.5 Å². The topological polar surface area (TPSA) is 140 Å². The van der Waals surface area contributed by atoms with Crippen LogP contribution in [0.4, 0.5) is 5.13 Å². The first-order valence-corrected chi connectivity index (χ1v) is 13.4. The van der Waals surface area contributed by atoms with E-state index in [0.29, 0.717) is 59.0 Å². The van der Waals surface area contributed by atoms with Gasteiger partial charge in [-0.25, -0.2) is 8.42 Å². The molecule has 0 fully saturated rings. The summed E-state index contributed by atoms with van der Waals surface area (Å²) < 4.78 is 43.4. The molecular weight excluding hydrogens is 528 g/mol. The van der Waals surface area contributed by atoms with Gasteiger partial charge in [-0.1, -0.05) is 17.7 Å². The molecule has 0 saturated heterocycles. The van der Waals surface area contributed by atoms with E-state index in [1.165, 1.54) is 13.2 Å². The lowest BCUT2D eigenvalue weighted by Gasteiger charge is -2.12. The smallest absolute Gasteiger partial charge is 0.268 e. The summed E-state index contributed by atoms with van der Waals surface area (Å²) >= 11 is 6.55. The number of halogens is 1. The lowest BCUT2D eigenvalue weighted by Crippen LogP contribution is -2.13. The van der Waals surface area contributed by atoms with Crippen LogP contribution in [-0.4, -0.2) is 50.3 Å². The third-order valence-electron chi connectivity index (χ3n) is 4.45. The zero-order chi connectivity index (χ0) is 26.1. The van der Waals surface area contributed by atoms with Gasteiger partial charge < -0.3 is 14.2 Å². The van der Waals surface area contributed by atoms with Gasteiger partial charge in [-0.3, -0.25) is 10.1 Å². The molecule has 2 aromatic carbocycles. The number of amides is 1. The van der Waals surface area contributed by atoms with Gasteiger partial charge in [0.25, 0.3) is 11.1 Å². The van der Waals surface area contributed by atoms with Crippen molar-refractivity contribution in [1.29, 1.82) is 5.26 Å². The summed E-state index contributed by atoms with van der Waals surface area (Å²) in [4.78, 5) is 16.2. The van der Waals surface area contributed by atoms with Crippen LogP contribution in [0.3, 0.4) is 0 Å². The molecule has 1 aromatic heterocycles. The number of carbonyl (C=O) groups excluding carboxylic acids is 1. The lowest BCUT2D eigenvalue weighted by atomic mass is 10.1. The van der Waals surface area contributed by atoms with Gasteiger partial charge in [-0.2, -0.15) is 14.6 Å². The summed E-state index contributed by atoms with van der Waals surface area (Å²) in [7, 11) is -2.13. The molecule has 0 aliphatic heterocycles. The number of nitrogens with zero attached hydrogens (tertiary/aromatic N) is 3. The maximum atomic E-state index is 12.5. The maximum absolute atomic E-state index is 12.5. The van der Waals surface area contributed by atoms with E-state index in [0.717, 1.165) is 6.26 Å². The van der Waals surface area contributed by atoms with Crippen molar-refractivity contribution in [2.75, 3.05) is 31.9 Å². The van der Waals surface area contributed by atoms with E-state index in [4.69, 9.17) is 25.8 Å². The summed E-state index contributed by atoms with van der Waals surface area (Å²) in [5.41, 5.74) is 0.298. The van der Waals surface area contributed by atoms with Crippen molar-refractivity contribution in [3.8, 4) is 23.3 Å².